The summed E-state index contributed by atoms with van der Waals surface area (Å²) in [7, 11) is 3.18. The number of anilines is 1. The van der Waals surface area contributed by atoms with Crippen molar-refractivity contribution in [1.82, 2.24) is 14.8 Å². The van der Waals surface area contributed by atoms with Gasteiger partial charge in [0.1, 0.15) is 10.8 Å². The molecule has 0 radical (unpaired) electrons. The van der Waals surface area contributed by atoms with Gasteiger partial charge in [0.15, 0.2) is 17.1 Å². The normalized spacial score (nSPS) is 14.3. The van der Waals surface area contributed by atoms with Crippen molar-refractivity contribution in [3.05, 3.63) is 50.1 Å². The number of benzene rings is 1. The number of nitrogens with zero attached hydrogens (tertiary/aromatic N) is 3. The predicted molar refractivity (Wildman–Crippen MR) is 147 cm³/mol. The molecular formula is C25H28Cl2N4O4S2. The number of halogens is 2. The maximum atomic E-state index is 12.9. The number of carbonyl (C=O) groups is 2. The molecular weight excluding hydrogens is 555 g/mol. The summed E-state index contributed by atoms with van der Waals surface area (Å²) in [4.78, 5) is 26.6. The summed E-state index contributed by atoms with van der Waals surface area (Å²) >= 11 is 14.9. The average Bonchev–Trinajstić information content (AvgIpc) is 3.38. The quantitative estimate of drug-likeness (QED) is 0.239. The summed E-state index contributed by atoms with van der Waals surface area (Å²) in [6.45, 7) is 1.84. The highest BCUT2D eigenvalue weighted by molar-refractivity contribution is 7.99. The molecule has 0 saturated heterocycles. The van der Waals surface area contributed by atoms with Crippen molar-refractivity contribution in [3.8, 4) is 5.75 Å². The van der Waals surface area contributed by atoms with Crippen LogP contribution in [0.5, 0.6) is 5.75 Å². The van der Waals surface area contributed by atoms with Gasteiger partial charge in [0.05, 0.1) is 23.4 Å². The van der Waals surface area contributed by atoms with Gasteiger partial charge in [-0.3, -0.25) is 4.79 Å². The second-order valence-corrected chi connectivity index (χ2v) is 11.6. The van der Waals surface area contributed by atoms with Crippen LogP contribution in [0.4, 0.5) is 5.00 Å². The van der Waals surface area contributed by atoms with Crippen molar-refractivity contribution in [2.45, 2.75) is 56.7 Å². The number of thiophene rings is 1. The van der Waals surface area contributed by atoms with Crippen LogP contribution < -0.4 is 10.1 Å². The van der Waals surface area contributed by atoms with Crippen molar-refractivity contribution in [2.24, 2.45) is 7.05 Å². The topological polar surface area (TPSA) is 95.3 Å². The number of aryl methyl sites for hydroxylation is 1. The molecule has 1 amide bonds. The van der Waals surface area contributed by atoms with E-state index in [0.717, 1.165) is 42.5 Å². The lowest BCUT2D eigenvalue weighted by Crippen LogP contribution is -2.17. The second kappa shape index (κ2) is 12.5. The lowest BCUT2D eigenvalue weighted by Gasteiger charge is -2.15. The molecule has 1 atom stereocenters. The molecule has 198 valence electrons. The third-order valence-corrected chi connectivity index (χ3v) is 8.83. The zero-order valence-corrected chi connectivity index (χ0v) is 24.0. The van der Waals surface area contributed by atoms with Crippen molar-refractivity contribution < 1.29 is 19.1 Å². The van der Waals surface area contributed by atoms with E-state index in [9.17, 15) is 9.59 Å². The Bertz CT molecular complexity index is 1290. The molecule has 1 aromatic carbocycles. The Hall–Kier alpha value is -2.27. The van der Waals surface area contributed by atoms with Gasteiger partial charge in [-0.15, -0.1) is 21.5 Å². The molecule has 1 aliphatic carbocycles. The molecule has 2 heterocycles. The maximum Gasteiger partial charge on any atom is 0.341 e. The number of methoxy groups -OCH3 is 1. The zero-order chi connectivity index (χ0) is 26.5. The van der Waals surface area contributed by atoms with Crippen LogP contribution >= 0.6 is 46.3 Å². The molecule has 37 heavy (non-hydrogen) atoms. The number of aromatic nitrogens is 3. The molecule has 4 rings (SSSR count). The van der Waals surface area contributed by atoms with E-state index in [1.165, 1.54) is 36.6 Å². The van der Waals surface area contributed by atoms with Crippen molar-refractivity contribution in [1.29, 1.82) is 0 Å². The number of amides is 1. The monoisotopic (exact) mass is 582 g/mol. The third-order valence-electron chi connectivity index (χ3n) is 6.08. The highest BCUT2D eigenvalue weighted by atomic mass is 35.5. The van der Waals surface area contributed by atoms with Crippen LogP contribution in [0.3, 0.4) is 0 Å². The minimum absolute atomic E-state index is 0.105. The van der Waals surface area contributed by atoms with E-state index in [1.54, 1.807) is 22.8 Å². The van der Waals surface area contributed by atoms with Gasteiger partial charge in [-0.25, -0.2) is 4.79 Å². The Kier molecular flexibility index (Phi) is 9.39. The fourth-order valence-electron chi connectivity index (χ4n) is 4.24. The number of fused-ring (bicyclic) bond motifs is 1. The number of thioether (sulfide) groups is 1. The van der Waals surface area contributed by atoms with Gasteiger partial charge in [-0.1, -0.05) is 47.8 Å². The number of esters is 1. The fraction of sp³-hybridized carbons (Fsp3) is 0.440. The highest BCUT2D eigenvalue weighted by Crippen LogP contribution is 2.38. The lowest BCUT2D eigenvalue weighted by atomic mass is 9.96. The molecule has 3 aromatic rings. The van der Waals surface area contributed by atoms with Crippen LogP contribution in [0.2, 0.25) is 10.0 Å². The number of rotatable bonds is 8. The summed E-state index contributed by atoms with van der Waals surface area (Å²) in [6, 6.07) is 5.01. The molecule has 0 spiro atoms. The number of ether oxygens (including phenoxy) is 2. The SMILES string of the molecule is COC(=O)c1c(NC(=O)CSc2nnc(C(C)Oc3ccc(Cl)cc3Cl)n2C)sc2c1CCCCCC2. The van der Waals surface area contributed by atoms with E-state index in [2.05, 4.69) is 15.5 Å². The Morgan fingerprint density at radius 3 is 2.68 bits per heavy atom. The Morgan fingerprint density at radius 2 is 1.95 bits per heavy atom. The highest BCUT2D eigenvalue weighted by Gasteiger charge is 2.26. The van der Waals surface area contributed by atoms with Crippen molar-refractivity contribution in [2.75, 3.05) is 18.2 Å². The standard InChI is InChI=1S/C25H28Cl2N4O4S2/c1-14(35-18-11-10-15(26)12-17(18)27)22-29-30-25(31(22)2)36-13-20(32)28-23-21(24(33)34-3)16-8-6-4-5-7-9-19(16)37-23/h10-12,14H,4-9,13H2,1-3H3,(H,28,32). The van der Waals surface area contributed by atoms with Gasteiger partial charge < -0.3 is 19.4 Å². The number of carbonyl (C=O) groups excluding carboxylic acids is 2. The largest absolute Gasteiger partial charge is 0.481 e. The van der Waals surface area contributed by atoms with Crippen molar-refractivity contribution >= 4 is 63.2 Å². The van der Waals surface area contributed by atoms with Crippen LogP contribution in [0.25, 0.3) is 0 Å². The summed E-state index contributed by atoms with van der Waals surface area (Å²) in [5.74, 6) is 0.537. The van der Waals surface area contributed by atoms with Gasteiger partial charge in [0, 0.05) is 16.9 Å². The summed E-state index contributed by atoms with van der Waals surface area (Å²) in [5.41, 5.74) is 1.52. The third kappa shape index (κ3) is 6.60. The first-order valence-electron chi connectivity index (χ1n) is 11.9. The minimum atomic E-state index is -0.437. The van der Waals surface area contributed by atoms with Crippen LogP contribution in [0.1, 0.15) is 65.3 Å². The summed E-state index contributed by atoms with van der Waals surface area (Å²) in [6.07, 6.45) is 5.73. The summed E-state index contributed by atoms with van der Waals surface area (Å²) < 4.78 is 12.8. The van der Waals surface area contributed by atoms with E-state index in [1.807, 2.05) is 14.0 Å². The molecule has 8 nitrogen and oxygen atoms in total. The van der Waals surface area contributed by atoms with Gasteiger partial charge in [0.2, 0.25) is 5.91 Å². The van der Waals surface area contributed by atoms with Gasteiger partial charge in [-0.05, 0) is 56.4 Å². The predicted octanol–water partition coefficient (Wildman–Crippen LogP) is 6.50. The summed E-state index contributed by atoms with van der Waals surface area (Å²) in [5, 5.41) is 13.4. The molecule has 0 bridgehead atoms. The second-order valence-electron chi connectivity index (χ2n) is 8.69. The first kappa shape index (κ1) is 27.8. The Morgan fingerprint density at radius 1 is 1.19 bits per heavy atom. The van der Waals surface area contributed by atoms with E-state index in [0.29, 0.717) is 37.3 Å². The first-order chi connectivity index (χ1) is 17.8. The number of nitrogens with one attached hydrogen (secondary N) is 1. The first-order valence-corrected chi connectivity index (χ1v) is 14.5. The molecule has 1 unspecified atom stereocenters. The molecule has 0 fully saturated rings. The van der Waals surface area contributed by atoms with Gasteiger partial charge in [0.25, 0.3) is 0 Å². The fourth-order valence-corrected chi connectivity index (χ4v) is 6.70. The molecule has 12 heteroatoms. The Balaban J connectivity index is 1.42. The molecule has 0 saturated carbocycles. The van der Waals surface area contributed by atoms with Gasteiger partial charge >= 0.3 is 5.97 Å². The van der Waals surface area contributed by atoms with Crippen LogP contribution in [-0.4, -0.2) is 39.5 Å². The van der Waals surface area contributed by atoms with Crippen LogP contribution in [0.15, 0.2) is 23.4 Å². The minimum Gasteiger partial charge on any atom is -0.481 e. The smallest absolute Gasteiger partial charge is 0.341 e. The number of hydrogen-bond donors (Lipinski definition) is 1. The van der Waals surface area contributed by atoms with Gasteiger partial charge in [-0.2, -0.15) is 0 Å². The molecule has 1 N–H and O–H groups in total. The van der Waals surface area contributed by atoms with Crippen LogP contribution in [-0.2, 0) is 29.4 Å². The number of hydrogen-bond acceptors (Lipinski definition) is 8. The molecule has 2 aromatic heterocycles. The van der Waals surface area contributed by atoms with E-state index >= 15 is 0 Å². The lowest BCUT2D eigenvalue weighted by molar-refractivity contribution is -0.113. The molecule has 1 aliphatic rings. The van der Waals surface area contributed by atoms with E-state index in [4.69, 9.17) is 32.7 Å². The van der Waals surface area contributed by atoms with Crippen LogP contribution in [0, 0.1) is 0 Å². The van der Waals surface area contributed by atoms with E-state index < -0.39 is 12.1 Å². The Labute approximate surface area is 234 Å². The van der Waals surface area contributed by atoms with Crippen molar-refractivity contribution in [3.63, 3.8) is 0 Å². The van der Waals surface area contributed by atoms with E-state index in [-0.39, 0.29) is 11.7 Å². The average molecular weight is 584 g/mol. The molecule has 0 aliphatic heterocycles. The zero-order valence-electron chi connectivity index (χ0n) is 20.8. The maximum absolute atomic E-state index is 12.9.